The van der Waals surface area contributed by atoms with Crippen LogP contribution in [0.3, 0.4) is 0 Å². The van der Waals surface area contributed by atoms with Gasteiger partial charge in [-0.25, -0.2) is 4.98 Å². The van der Waals surface area contributed by atoms with Crippen LogP contribution in [0.1, 0.15) is 24.3 Å². The predicted molar refractivity (Wildman–Crippen MR) is 108 cm³/mol. The minimum absolute atomic E-state index is 0.142. The minimum Gasteiger partial charge on any atom is -0.475 e. The smallest absolute Gasteiger partial charge is 0.422 e. The van der Waals surface area contributed by atoms with Gasteiger partial charge < -0.3 is 15.4 Å². The molecule has 2 atom stereocenters. The molecule has 3 rings (SSSR count). The number of hydrogen-bond acceptors (Lipinski definition) is 7. The first-order valence-corrected chi connectivity index (χ1v) is 10.9. The molecule has 0 aliphatic carbocycles. The lowest BCUT2D eigenvalue weighted by Gasteiger charge is -2.17. The normalized spacial score (nSPS) is 18.2. The molecule has 1 aliphatic heterocycles. The molecule has 2 N–H and O–H groups in total. The predicted octanol–water partition coefficient (Wildman–Crippen LogP) is 3.28. The molecule has 2 amide bonds. The Kier molecular flexibility index (Phi) is 7.32. The number of carbonyl (C=O) groups excluding carboxylic acids is 2. The lowest BCUT2D eigenvalue weighted by Crippen LogP contribution is -2.36. The fourth-order valence-corrected chi connectivity index (χ4v) is 4.44. The fraction of sp³-hybridized carbons (Fsp3) is 0.500. The molecule has 0 aromatic carbocycles. The fourth-order valence-electron chi connectivity index (χ4n) is 3.04. The van der Waals surface area contributed by atoms with Crippen molar-refractivity contribution in [2.24, 2.45) is 5.92 Å². The lowest BCUT2D eigenvalue weighted by atomic mass is 10.1. The number of anilines is 1. The van der Waals surface area contributed by atoms with Crippen LogP contribution in [0.5, 0.6) is 5.06 Å². The summed E-state index contributed by atoms with van der Waals surface area (Å²) >= 11 is 2.41. The Labute approximate surface area is 179 Å². The van der Waals surface area contributed by atoms with E-state index in [2.05, 4.69) is 15.6 Å². The summed E-state index contributed by atoms with van der Waals surface area (Å²) in [5, 5.41) is 8.07. The SMILES string of the molecule is C[C@@H](NC(=O)[C@@H]1CCN(CC(=O)Nc2nccs2)C1)c1ccc(OCC(F)(F)F)s1. The van der Waals surface area contributed by atoms with Crippen LogP contribution in [0.2, 0.25) is 0 Å². The van der Waals surface area contributed by atoms with E-state index in [1.807, 2.05) is 4.90 Å². The Morgan fingerprint density at radius 3 is 2.90 bits per heavy atom. The van der Waals surface area contributed by atoms with E-state index in [-0.39, 0.29) is 35.4 Å². The Balaban J connectivity index is 1.43. The summed E-state index contributed by atoms with van der Waals surface area (Å²) in [6.07, 6.45) is -2.15. The number of ether oxygens (including phenoxy) is 1. The summed E-state index contributed by atoms with van der Waals surface area (Å²) in [5.41, 5.74) is 0. The van der Waals surface area contributed by atoms with Crippen LogP contribution in [0.4, 0.5) is 18.3 Å². The maximum atomic E-state index is 12.6. The molecule has 0 bridgehead atoms. The molecule has 0 radical (unpaired) electrons. The number of nitrogens with one attached hydrogen (secondary N) is 2. The van der Waals surface area contributed by atoms with Crippen molar-refractivity contribution in [2.45, 2.75) is 25.6 Å². The largest absolute Gasteiger partial charge is 0.475 e. The van der Waals surface area contributed by atoms with Crippen molar-refractivity contribution in [3.05, 3.63) is 28.6 Å². The first-order chi connectivity index (χ1) is 14.2. The number of thiazole rings is 1. The van der Waals surface area contributed by atoms with Crippen LogP contribution in [0, 0.1) is 5.92 Å². The molecule has 1 fully saturated rings. The second-order valence-electron chi connectivity index (χ2n) is 6.90. The molecule has 1 saturated heterocycles. The number of nitrogens with zero attached hydrogens (tertiary/aromatic N) is 2. The van der Waals surface area contributed by atoms with Crippen molar-refractivity contribution in [1.82, 2.24) is 15.2 Å². The molecule has 3 heterocycles. The van der Waals surface area contributed by atoms with E-state index < -0.39 is 12.8 Å². The van der Waals surface area contributed by atoms with Crippen LogP contribution >= 0.6 is 22.7 Å². The lowest BCUT2D eigenvalue weighted by molar-refractivity contribution is -0.152. The number of alkyl halides is 3. The van der Waals surface area contributed by atoms with Gasteiger partial charge in [-0.05, 0) is 32.0 Å². The molecule has 12 heteroatoms. The van der Waals surface area contributed by atoms with Gasteiger partial charge in [-0.2, -0.15) is 13.2 Å². The second-order valence-corrected chi connectivity index (χ2v) is 8.87. The van der Waals surface area contributed by atoms with E-state index in [1.54, 1.807) is 24.6 Å². The molecule has 0 spiro atoms. The van der Waals surface area contributed by atoms with Crippen LogP contribution in [0.15, 0.2) is 23.7 Å². The first-order valence-electron chi connectivity index (χ1n) is 9.21. The van der Waals surface area contributed by atoms with Crippen molar-refractivity contribution < 1.29 is 27.5 Å². The maximum Gasteiger partial charge on any atom is 0.422 e. The highest BCUT2D eigenvalue weighted by atomic mass is 32.1. The molecule has 7 nitrogen and oxygen atoms in total. The summed E-state index contributed by atoms with van der Waals surface area (Å²) in [6, 6.07) is 2.76. The van der Waals surface area contributed by atoms with Gasteiger partial charge in [0.1, 0.15) is 0 Å². The van der Waals surface area contributed by atoms with Gasteiger partial charge in [0.05, 0.1) is 18.5 Å². The van der Waals surface area contributed by atoms with Gasteiger partial charge in [0.2, 0.25) is 11.8 Å². The average Bonchev–Trinajstić information content (AvgIpc) is 3.41. The number of amides is 2. The number of likely N-dealkylation sites (tertiary alicyclic amines) is 1. The highest BCUT2D eigenvalue weighted by Crippen LogP contribution is 2.31. The highest BCUT2D eigenvalue weighted by molar-refractivity contribution is 7.14. The van der Waals surface area contributed by atoms with Gasteiger partial charge in [-0.15, -0.1) is 22.7 Å². The van der Waals surface area contributed by atoms with Gasteiger partial charge in [0.15, 0.2) is 16.8 Å². The van der Waals surface area contributed by atoms with Crippen molar-refractivity contribution in [2.75, 3.05) is 31.6 Å². The van der Waals surface area contributed by atoms with Crippen molar-refractivity contribution in [3.63, 3.8) is 0 Å². The van der Waals surface area contributed by atoms with E-state index in [1.165, 1.54) is 17.4 Å². The third-order valence-electron chi connectivity index (χ3n) is 4.45. The Bertz CT molecular complexity index is 857. The Morgan fingerprint density at radius 1 is 1.40 bits per heavy atom. The van der Waals surface area contributed by atoms with E-state index in [4.69, 9.17) is 4.74 Å². The zero-order chi connectivity index (χ0) is 21.7. The molecule has 2 aromatic heterocycles. The minimum atomic E-state index is -4.39. The van der Waals surface area contributed by atoms with Gasteiger partial charge in [-0.3, -0.25) is 14.5 Å². The molecular weight excluding hydrogens is 441 g/mol. The molecule has 30 heavy (non-hydrogen) atoms. The number of rotatable bonds is 8. The summed E-state index contributed by atoms with van der Waals surface area (Å²) < 4.78 is 41.5. The standard InChI is InChI=1S/C18H21F3N4O3S2/c1-11(13-2-3-15(30-13)28-10-18(19,20)21)23-16(27)12-4-6-25(8-12)9-14(26)24-17-22-5-7-29-17/h2-3,5,7,11-12H,4,6,8-10H2,1H3,(H,23,27)(H,22,24,26)/t11-,12-/m1/s1. The quantitative estimate of drug-likeness (QED) is 0.629. The average molecular weight is 463 g/mol. The van der Waals surface area contributed by atoms with Crippen LogP contribution in [-0.2, 0) is 9.59 Å². The van der Waals surface area contributed by atoms with E-state index in [0.29, 0.717) is 29.5 Å². The maximum absolute atomic E-state index is 12.6. The number of carbonyl (C=O) groups is 2. The molecule has 0 unspecified atom stereocenters. The van der Waals surface area contributed by atoms with Gasteiger partial charge >= 0.3 is 6.18 Å². The zero-order valence-corrected chi connectivity index (χ0v) is 17.7. The number of hydrogen-bond donors (Lipinski definition) is 2. The van der Waals surface area contributed by atoms with Crippen molar-refractivity contribution in [1.29, 1.82) is 0 Å². The van der Waals surface area contributed by atoms with E-state index >= 15 is 0 Å². The Hall–Kier alpha value is -2.18. The Morgan fingerprint density at radius 2 is 2.20 bits per heavy atom. The third kappa shape index (κ3) is 6.67. The van der Waals surface area contributed by atoms with E-state index in [0.717, 1.165) is 11.3 Å². The van der Waals surface area contributed by atoms with Crippen LogP contribution in [-0.4, -0.2) is 54.1 Å². The molecular formula is C18H21F3N4O3S2. The topological polar surface area (TPSA) is 83.6 Å². The summed E-state index contributed by atoms with van der Waals surface area (Å²) in [7, 11) is 0. The van der Waals surface area contributed by atoms with E-state index in [9.17, 15) is 22.8 Å². The monoisotopic (exact) mass is 462 g/mol. The van der Waals surface area contributed by atoms with Crippen molar-refractivity contribution in [3.8, 4) is 5.06 Å². The third-order valence-corrected chi connectivity index (χ3v) is 6.32. The molecule has 1 aliphatic rings. The van der Waals surface area contributed by atoms with Gasteiger partial charge in [0.25, 0.3) is 0 Å². The van der Waals surface area contributed by atoms with Gasteiger partial charge in [0, 0.05) is 23.0 Å². The van der Waals surface area contributed by atoms with Crippen molar-refractivity contribution >= 4 is 39.6 Å². The number of aromatic nitrogens is 1. The molecule has 164 valence electrons. The number of thiophene rings is 1. The summed E-state index contributed by atoms with van der Waals surface area (Å²) in [6.45, 7) is 1.71. The molecule has 2 aromatic rings. The van der Waals surface area contributed by atoms with Crippen LogP contribution < -0.4 is 15.4 Å². The summed E-state index contributed by atoms with van der Waals surface area (Å²) in [5.74, 6) is -0.568. The van der Waals surface area contributed by atoms with Crippen LogP contribution in [0.25, 0.3) is 0 Å². The zero-order valence-electron chi connectivity index (χ0n) is 16.1. The first kappa shape index (κ1) is 22.5. The highest BCUT2D eigenvalue weighted by Gasteiger charge is 2.31. The number of halogens is 3. The molecule has 0 saturated carbocycles. The summed E-state index contributed by atoms with van der Waals surface area (Å²) in [4.78, 5) is 31.2. The van der Waals surface area contributed by atoms with Gasteiger partial charge in [-0.1, -0.05) is 0 Å². The second kappa shape index (κ2) is 9.75.